The van der Waals surface area contributed by atoms with Gasteiger partial charge in [0.1, 0.15) is 0 Å². The predicted molar refractivity (Wildman–Crippen MR) is 58.1 cm³/mol. The van der Waals surface area contributed by atoms with Crippen molar-refractivity contribution in [2.45, 2.75) is 6.92 Å². The van der Waals surface area contributed by atoms with Gasteiger partial charge in [0.15, 0.2) is 0 Å². The van der Waals surface area contributed by atoms with Gasteiger partial charge in [0.2, 0.25) is 0 Å². The lowest BCUT2D eigenvalue weighted by Gasteiger charge is -1.98. The average molecular weight is 240 g/mol. The van der Waals surface area contributed by atoms with E-state index in [0.717, 1.165) is 6.92 Å². The Balaban J connectivity index is 0.000000557. The third-order valence-corrected chi connectivity index (χ3v) is 1.55. The first kappa shape index (κ1) is 14.6. The van der Waals surface area contributed by atoms with Crippen molar-refractivity contribution in [2.24, 2.45) is 0 Å². The highest BCUT2D eigenvalue weighted by atomic mass is 16.5. The van der Waals surface area contributed by atoms with E-state index >= 15 is 0 Å². The van der Waals surface area contributed by atoms with Gasteiger partial charge >= 0.3 is 11.9 Å². The normalized spacial score (nSPS) is 8.59. The molecule has 2 N–H and O–H groups in total. The topological polar surface area (TPSA) is 101 Å². The molecule has 0 atom stereocenters. The smallest absolute Gasteiger partial charge is 0.337 e. The van der Waals surface area contributed by atoms with Crippen LogP contribution >= 0.6 is 0 Å². The molecule has 0 unspecified atom stereocenters. The zero-order chi connectivity index (χ0) is 13.4. The van der Waals surface area contributed by atoms with Crippen LogP contribution in [0.2, 0.25) is 0 Å². The summed E-state index contributed by atoms with van der Waals surface area (Å²) < 4.78 is 4.45. The summed E-state index contributed by atoms with van der Waals surface area (Å²) in [5.74, 6) is -2.33. The maximum atomic E-state index is 10.9. The molecule has 1 aromatic carbocycles. The number of aliphatic carboxylic acids is 1. The minimum Gasteiger partial charge on any atom is -0.481 e. The van der Waals surface area contributed by atoms with Crippen LogP contribution in [0.1, 0.15) is 27.6 Å². The lowest BCUT2D eigenvalue weighted by atomic mass is 10.1. The van der Waals surface area contributed by atoms with Crippen LogP contribution in [0.15, 0.2) is 24.3 Å². The highest BCUT2D eigenvalue weighted by molar-refractivity contribution is 5.92. The predicted octanol–water partition coefficient (Wildman–Crippen LogP) is 1.26. The van der Waals surface area contributed by atoms with Crippen LogP contribution in [-0.4, -0.2) is 35.2 Å². The third-order valence-electron chi connectivity index (χ3n) is 1.55. The number of carboxylic acids is 2. The maximum Gasteiger partial charge on any atom is 0.337 e. The molecule has 0 bridgehead atoms. The van der Waals surface area contributed by atoms with Crippen molar-refractivity contribution in [3.8, 4) is 0 Å². The fourth-order valence-electron chi connectivity index (χ4n) is 0.867. The van der Waals surface area contributed by atoms with Crippen molar-refractivity contribution in [1.82, 2.24) is 0 Å². The van der Waals surface area contributed by atoms with E-state index in [1.165, 1.54) is 31.4 Å². The highest BCUT2D eigenvalue weighted by Crippen LogP contribution is 2.05. The molecule has 0 aliphatic rings. The average Bonchev–Trinajstić information content (AvgIpc) is 2.27. The molecule has 0 saturated heterocycles. The van der Waals surface area contributed by atoms with Crippen molar-refractivity contribution < 1.29 is 29.3 Å². The summed E-state index contributed by atoms with van der Waals surface area (Å²) in [4.78, 5) is 30.4. The van der Waals surface area contributed by atoms with E-state index in [1.54, 1.807) is 0 Å². The molecule has 0 aliphatic carbocycles. The summed E-state index contributed by atoms with van der Waals surface area (Å²) >= 11 is 0. The summed E-state index contributed by atoms with van der Waals surface area (Å²) in [5, 5.41) is 16.0. The van der Waals surface area contributed by atoms with Crippen LogP contribution in [0.3, 0.4) is 0 Å². The van der Waals surface area contributed by atoms with Crippen LogP contribution in [0.25, 0.3) is 0 Å². The Kier molecular flexibility index (Phi) is 6.02. The van der Waals surface area contributed by atoms with Crippen molar-refractivity contribution in [3.63, 3.8) is 0 Å². The Morgan fingerprint density at radius 2 is 1.35 bits per heavy atom. The SMILES string of the molecule is CC(=O)O.COC(=O)c1ccc(C(=O)O)cc1. The zero-order valence-corrected chi connectivity index (χ0v) is 9.34. The number of hydrogen-bond acceptors (Lipinski definition) is 4. The molecule has 92 valence electrons. The van der Waals surface area contributed by atoms with Gasteiger partial charge in [-0.2, -0.15) is 0 Å². The molecule has 17 heavy (non-hydrogen) atoms. The van der Waals surface area contributed by atoms with Gasteiger partial charge in [-0.15, -0.1) is 0 Å². The molecule has 0 aromatic heterocycles. The van der Waals surface area contributed by atoms with Gasteiger partial charge in [0.25, 0.3) is 5.97 Å². The van der Waals surface area contributed by atoms with Crippen molar-refractivity contribution in [3.05, 3.63) is 35.4 Å². The van der Waals surface area contributed by atoms with Gasteiger partial charge in [-0.3, -0.25) is 4.79 Å². The number of hydrogen-bond donors (Lipinski definition) is 2. The first-order valence-electron chi connectivity index (χ1n) is 4.49. The lowest BCUT2D eigenvalue weighted by Crippen LogP contribution is -2.02. The van der Waals surface area contributed by atoms with Gasteiger partial charge in [-0.05, 0) is 24.3 Å². The van der Waals surface area contributed by atoms with Crippen molar-refractivity contribution in [2.75, 3.05) is 7.11 Å². The summed E-state index contributed by atoms with van der Waals surface area (Å²) in [6.45, 7) is 1.08. The van der Waals surface area contributed by atoms with E-state index in [0.29, 0.717) is 5.56 Å². The number of methoxy groups -OCH3 is 1. The Morgan fingerprint density at radius 1 is 1.00 bits per heavy atom. The molecule has 1 aromatic rings. The van der Waals surface area contributed by atoms with Crippen LogP contribution in [0, 0.1) is 0 Å². The number of rotatable bonds is 2. The molecule has 0 heterocycles. The van der Waals surface area contributed by atoms with Gasteiger partial charge in [-0.25, -0.2) is 9.59 Å². The molecule has 6 heteroatoms. The lowest BCUT2D eigenvalue weighted by molar-refractivity contribution is -0.134. The molecule has 0 aliphatic heterocycles. The number of carbonyl (C=O) groups is 3. The number of aromatic carboxylic acids is 1. The van der Waals surface area contributed by atoms with Crippen LogP contribution < -0.4 is 0 Å². The van der Waals surface area contributed by atoms with Gasteiger partial charge in [0.05, 0.1) is 18.2 Å². The van der Waals surface area contributed by atoms with E-state index in [4.69, 9.17) is 15.0 Å². The maximum absolute atomic E-state index is 10.9. The van der Waals surface area contributed by atoms with E-state index in [1.807, 2.05) is 0 Å². The number of carboxylic acid groups (broad SMARTS) is 2. The van der Waals surface area contributed by atoms with E-state index in [-0.39, 0.29) is 5.56 Å². The second-order valence-corrected chi connectivity index (χ2v) is 2.89. The molecule has 0 amide bonds. The molecule has 6 nitrogen and oxygen atoms in total. The summed E-state index contributed by atoms with van der Waals surface area (Å²) in [7, 11) is 1.27. The quantitative estimate of drug-likeness (QED) is 0.754. The van der Waals surface area contributed by atoms with E-state index in [9.17, 15) is 9.59 Å². The van der Waals surface area contributed by atoms with Crippen LogP contribution in [0.4, 0.5) is 0 Å². The molecular weight excluding hydrogens is 228 g/mol. The number of carbonyl (C=O) groups excluding carboxylic acids is 1. The Morgan fingerprint density at radius 3 is 1.65 bits per heavy atom. The van der Waals surface area contributed by atoms with Crippen LogP contribution in [0.5, 0.6) is 0 Å². The number of esters is 1. The third kappa shape index (κ3) is 5.93. The fourth-order valence-corrected chi connectivity index (χ4v) is 0.867. The van der Waals surface area contributed by atoms with E-state index < -0.39 is 17.9 Å². The second kappa shape index (κ2) is 7.00. The summed E-state index contributed by atoms with van der Waals surface area (Å²) in [6.07, 6.45) is 0. The number of ether oxygens (including phenoxy) is 1. The molecule has 0 spiro atoms. The fraction of sp³-hybridized carbons (Fsp3) is 0.182. The molecule has 0 saturated carbocycles. The summed E-state index contributed by atoms with van der Waals surface area (Å²) in [6, 6.07) is 5.54. The van der Waals surface area contributed by atoms with Crippen molar-refractivity contribution in [1.29, 1.82) is 0 Å². The van der Waals surface area contributed by atoms with Crippen molar-refractivity contribution >= 4 is 17.9 Å². The minimum atomic E-state index is -1.02. The first-order chi connectivity index (χ1) is 7.88. The zero-order valence-electron chi connectivity index (χ0n) is 9.34. The van der Waals surface area contributed by atoms with Gasteiger partial charge in [0, 0.05) is 6.92 Å². The van der Waals surface area contributed by atoms with E-state index in [2.05, 4.69) is 4.74 Å². The Bertz CT molecular complexity index is 402. The highest BCUT2D eigenvalue weighted by Gasteiger charge is 2.06. The Labute approximate surface area is 97.4 Å². The Hall–Kier alpha value is -2.37. The van der Waals surface area contributed by atoms with Gasteiger partial charge < -0.3 is 14.9 Å². The second-order valence-electron chi connectivity index (χ2n) is 2.89. The minimum absolute atomic E-state index is 0.146. The van der Waals surface area contributed by atoms with Crippen LogP contribution in [-0.2, 0) is 9.53 Å². The first-order valence-corrected chi connectivity index (χ1v) is 4.49. The number of benzene rings is 1. The molecular formula is C11H12O6. The molecule has 1 rings (SSSR count). The van der Waals surface area contributed by atoms with Gasteiger partial charge in [-0.1, -0.05) is 0 Å². The monoisotopic (exact) mass is 240 g/mol. The largest absolute Gasteiger partial charge is 0.481 e. The molecule has 0 fully saturated rings. The standard InChI is InChI=1S/C9H8O4.C2H4O2/c1-13-9(12)7-4-2-6(3-5-7)8(10)11;1-2(3)4/h2-5H,1H3,(H,10,11);1H3,(H,3,4). The summed E-state index contributed by atoms with van der Waals surface area (Å²) in [5.41, 5.74) is 0.486. The molecule has 0 radical (unpaired) electrons.